The molecule has 1 heterocycles. The van der Waals surface area contributed by atoms with Crippen molar-refractivity contribution in [2.75, 3.05) is 0 Å². The number of rotatable bonds is 2. The van der Waals surface area contributed by atoms with E-state index in [0.717, 1.165) is 5.92 Å². The molecule has 54 valence electrons. The summed E-state index contributed by atoms with van der Waals surface area (Å²) in [6.45, 7) is 2.11. The molecular weight excluding hydrogens is 124 g/mol. The number of furan rings is 1. The maximum Gasteiger partial charge on any atom is 0.106 e. The number of hydrogen-bond donors (Lipinski definition) is 0. The van der Waals surface area contributed by atoms with Gasteiger partial charge in [0.1, 0.15) is 5.76 Å². The minimum atomic E-state index is 0.935. The Morgan fingerprint density at radius 1 is 1.60 bits per heavy atom. The molecule has 0 aromatic carbocycles. The first-order chi connectivity index (χ1) is 4.86. The molecule has 0 spiro atoms. The van der Waals surface area contributed by atoms with Crippen molar-refractivity contribution < 1.29 is 4.42 Å². The lowest BCUT2D eigenvalue weighted by molar-refractivity contribution is 0.494. The molecule has 1 fully saturated rings. The molecule has 1 aromatic rings. The highest BCUT2D eigenvalue weighted by atomic mass is 16.3. The summed E-state index contributed by atoms with van der Waals surface area (Å²) in [5, 5.41) is 0. The molecule has 0 amide bonds. The van der Waals surface area contributed by atoms with Gasteiger partial charge in [0.25, 0.3) is 0 Å². The Kier molecular flexibility index (Phi) is 1.30. The smallest absolute Gasteiger partial charge is 0.106 e. The molecule has 10 heavy (non-hydrogen) atoms. The normalized spacial score (nSPS) is 17.7. The fourth-order valence-electron chi connectivity index (χ4n) is 1.20. The van der Waals surface area contributed by atoms with Crippen molar-refractivity contribution in [1.29, 1.82) is 0 Å². The van der Waals surface area contributed by atoms with Crippen molar-refractivity contribution in [2.24, 2.45) is 5.92 Å². The standard InChI is InChI=1S/C9H12O/c1-7-4-5-10-9(7)6-8-2-3-8/h4-5,8H,2-3,6H2,1H3. The first-order valence-corrected chi connectivity index (χ1v) is 3.89. The van der Waals surface area contributed by atoms with Crippen LogP contribution in [0.3, 0.4) is 0 Å². The first-order valence-electron chi connectivity index (χ1n) is 3.89. The van der Waals surface area contributed by atoms with Crippen LogP contribution < -0.4 is 0 Å². The average molecular weight is 136 g/mol. The summed E-state index contributed by atoms with van der Waals surface area (Å²) >= 11 is 0. The van der Waals surface area contributed by atoms with Gasteiger partial charge in [-0.3, -0.25) is 0 Å². The van der Waals surface area contributed by atoms with Crippen LogP contribution in [-0.2, 0) is 6.42 Å². The highest BCUT2D eigenvalue weighted by molar-refractivity contribution is 5.15. The third kappa shape index (κ3) is 1.08. The summed E-state index contributed by atoms with van der Waals surface area (Å²) in [4.78, 5) is 0. The molecule has 0 atom stereocenters. The van der Waals surface area contributed by atoms with Crippen LogP contribution in [-0.4, -0.2) is 0 Å². The Balaban J connectivity index is 2.08. The minimum absolute atomic E-state index is 0.935. The third-order valence-corrected chi connectivity index (χ3v) is 2.14. The monoisotopic (exact) mass is 136 g/mol. The highest BCUT2D eigenvalue weighted by Crippen LogP contribution is 2.33. The van der Waals surface area contributed by atoms with Crippen molar-refractivity contribution in [3.63, 3.8) is 0 Å². The Morgan fingerprint density at radius 3 is 2.90 bits per heavy atom. The maximum absolute atomic E-state index is 5.32. The molecule has 1 heteroatoms. The van der Waals surface area contributed by atoms with E-state index in [1.54, 1.807) is 6.26 Å². The fourth-order valence-corrected chi connectivity index (χ4v) is 1.20. The summed E-state index contributed by atoms with van der Waals surface area (Å²) in [5.41, 5.74) is 1.31. The molecule has 0 saturated heterocycles. The molecule has 1 aliphatic rings. The number of hydrogen-bond acceptors (Lipinski definition) is 1. The van der Waals surface area contributed by atoms with Gasteiger partial charge >= 0.3 is 0 Å². The van der Waals surface area contributed by atoms with Crippen molar-refractivity contribution in [2.45, 2.75) is 26.2 Å². The summed E-state index contributed by atoms with van der Waals surface area (Å²) in [7, 11) is 0. The van der Waals surface area contributed by atoms with Crippen LogP contribution >= 0.6 is 0 Å². The molecule has 0 bridgehead atoms. The molecule has 1 aromatic heterocycles. The van der Waals surface area contributed by atoms with E-state index in [-0.39, 0.29) is 0 Å². The number of aryl methyl sites for hydroxylation is 1. The second kappa shape index (κ2) is 2.15. The quantitative estimate of drug-likeness (QED) is 0.609. The van der Waals surface area contributed by atoms with Gasteiger partial charge in [0.15, 0.2) is 0 Å². The predicted octanol–water partition coefficient (Wildman–Crippen LogP) is 2.54. The zero-order valence-corrected chi connectivity index (χ0v) is 6.26. The van der Waals surface area contributed by atoms with E-state index in [1.165, 1.54) is 30.6 Å². The second-order valence-electron chi connectivity index (χ2n) is 3.17. The van der Waals surface area contributed by atoms with E-state index in [4.69, 9.17) is 4.42 Å². The zero-order valence-electron chi connectivity index (χ0n) is 6.26. The lowest BCUT2D eigenvalue weighted by Gasteiger charge is -1.93. The Labute approximate surface area is 61.0 Å². The predicted molar refractivity (Wildman–Crippen MR) is 39.9 cm³/mol. The third-order valence-electron chi connectivity index (χ3n) is 2.14. The molecule has 0 N–H and O–H groups in total. The van der Waals surface area contributed by atoms with Crippen LogP contribution in [0.4, 0.5) is 0 Å². The van der Waals surface area contributed by atoms with Gasteiger partial charge in [-0.05, 0) is 37.3 Å². The van der Waals surface area contributed by atoms with Crippen LogP contribution in [0, 0.1) is 12.8 Å². The van der Waals surface area contributed by atoms with Gasteiger partial charge in [-0.2, -0.15) is 0 Å². The average Bonchev–Trinajstić information content (AvgIpc) is 2.62. The lowest BCUT2D eigenvalue weighted by Crippen LogP contribution is -1.85. The van der Waals surface area contributed by atoms with Crippen LogP contribution in [0.25, 0.3) is 0 Å². The van der Waals surface area contributed by atoms with Crippen molar-refractivity contribution in [3.8, 4) is 0 Å². The van der Waals surface area contributed by atoms with E-state index >= 15 is 0 Å². The molecule has 2 rings (SSSR count). The van der Waals surface area contributed by atoms with Crippen LogP contribution in [0.1, 0.15) is 24.2 Å². The van der Waals surface area contributed by atoms with Crippen molar-refractivity contribution in [1.82, 2.24) is 0 Å². The fraction of sp³-hybridized carbons (Fsp3) is 0.556. The Bertz CT molecular complexity index is 220. The van der Waals surface area contributed by atoms with Gasteiger partial charge in [0.05, 0.1) is 6.26 Å². The van der Waals surface area contributed by atoms with Gasteiger partial charge in [0.2, 0.25) is 0 Å². The van der Waals surface area contributed by atoms with Gasteiger partial charge in [-0.1, -0.05) is 0 Å². The molecule has 0 unspecified atom stereocenters. The van der Waals surface area contributed by atoms with Crippen molar-refractivity contribution >= 4 is 0 Å². The summed E-state index contributed by atoms with van der Waals surface area (Å²) < 4.78 is 5.32. The maximum atomic E-state index is 5.32. The Hall–Kier alpha value is -0.720. The van der Waals surface area contributed by atoms with E-state index in [0.29, 0.717) is 0 Å². The summed E-state index contributed by atoms with van der Waals surface area (Å²) in [6.07, 6.45) is 5.76. The minimum Gasteiger partial charge on any atom is -0.469 e. The van der Waals surface area contributed by atoms with Crippen LogP contribution in [0.2, 0.25) is 0 Å². The van der Waals surface area contributed by atoms with Crippen LogP contribution in [0.5, 0.6) is 0 Å². The van der Waals surface area contributed by atoms with Crippen LogP contribution in [0.15, 0.2) is 16.7 Å². The molecule has 1 nitrogen and oxygen atoms in total. The van der Waals surface area contributed by atoms with E-state index in [1.807, 2.05) is 6.07 Å². The van der Waals surface area contributed by atoms with E-state index < -0.39 is 0 Å². The highest BCUT2D eigenvalue weighted by Gasteiger charge is 2.23. The van der Waals surface area contributed by atoms with Gasteiger partial charge in [0, 0.05) is 6.42 Å². The zero-order chi connectivity index (χ0) is 6.97. The molecule has 0 radical (unpaired) electrons. The van der Waals surface area contributed by atoms with E-state index in [2.05, 4.69) is 6.92 Å². The van der Waals surface area contributed by atoms with Gasteiger partial charge < -0.3 is 4.42 Å². The molecule has 1 saturated carbocycles. The molecule has 0 aliphatic heterocycles. The lowest BCUT2D eigenvalue weighted by atomic mass is 10.2. The van der Waals surface area contributed by atoms with Crippen molar-refractivity contribution in [3.05, 3.63) is 23.7 Å². The second-order valence-corrected chi connectivity index (χ2v) is 3.17. The summed E-state index contributed by atoms with van der Waals surface area (Å²) in [5.74, 6) is 2.13. The largest absolute Gasteiger partial charge is 0.469 e. The van der Waals surface area contributed by atoms with Gasteiger partial charge in [-0.15, -0.1) is 0 Å². The summed E-state index contributed by atoms with van der Waals surface area (Å²) in [6, 6.07) is 2.04. The topological polar surface area (TPSA) is 13.1 Å². The molecular formula is C9H12O. The van der Waals surface area contributed by atoms with E-state index in [9.17, 15) is 0 Å². The Morgan fingerprint density at radius 2 is 2.40 bits per heavy atom. The van der Waals surface area contributed by atoms with Gasteiger partial charge in [-0.25, -0.2) is 0 Å². The first kappa shape index (κ1) is 6.02. The molecule has 1 aliphatic carbocycles. The SMILES string of the molecule is Cc1ccoc1CC1CC1.